The number of ether oxygens (including phenoxy) is 1. The zero-order valence-electron chi connectivity index (χ0n) is 21.3. The second-order valence-corrected chi connectivity index (χ2v) is 9.51. The molecule has 7 heteroatoms. The molecule has 0 saturated carbocycles. The van der Waals surface area contributed by atoms with E-state index in [1.165, 1.54) is 12.5 Å². The minimum atomic E-state index is -0.333. The largest absolute Gasteiger partial charge is 0.493 e. The molecule has 1 amide bonds. The van der Waals surface area contributed by atoms with Gasteiger partial charge in [-0.3, -0.25) is 9.59 Å². The van der Waals surface area contributed by atoms with Crippen molar-refractivity contribution in [1.82, 2.24) is 10.2 Å². The van der Waals surface area contributed by atoms with Crippen LogP contribution >= 0.6 is 11.8 Å². The van der Waals surface area contributed by atoms with Crippen molar-refractivity contribution in [3.05, 3.63) is 90.0 Å². The number of aliphatic hydroxyl groups is 1. The highest BCUT2D eigenvalue weighted by Crippen LogP contribution is 2.22. The Morgan fingerprint density at radius 2 is 1.50 bits per heavy atom. The molecule has 0 aliphatic carbocycles. The predicted octanol–water partition coefficient (Wildman–Crippen LogP) is 4.52. The smallest absolute Gasteiger partial charge is 0.251 e. The minimum Gasteiger partial charge on any atom is -0.493 e. The van der Waals surface area contributed by atoms with E-state index in [0.717, 1.165) is 34.9 Å². The molecule has 0 heterocycles. The fourth-order valence-electron chi connectivity index (χ4n) is 3.03. The molecule has 3 aromatic carbocycles. The number of hydrogen-bond donors (Lipinski definition) is 2. The van der Waals surface area contributed by atoms with E-state index in [1.807, 2.05) is 85.4 Å². The maximum atomic E-state index is 12.2. The van der Waals surface area contributed by atoms with E-state index in [-0.39, 0.29) is 18.3 Å². The number of carbonyl (C=O) groups excluding carboxylic acids is 2. The van der Waals surface area contributed by atoms with E-state index in [9.17, 15) is 9.59 Å². The summed E-state index contributed by atoms with van der Waals surface area (Å²) in [6.45, 7) is 3.18. The average molecular weight is 509 g/mol. The Labute approximate surface area is 218 Å². The summed E-state index contributed by atoms with van der Waals surface area (Å²) in [5.74, 6) is 2.62. The highest BCUT2D eigenvalue weighted by molar-refractivity contribution is 7.98. The van der Waals surface area contributed by atoms with Gasteiger partial charge >= 0.3 is 0 Å². The summed E-state index contributed by atoms with van der Waals surface area (Å²) in [6.07, 6.45) is 0. The van der Waals surface area contributed by atoms with Crippen LogP contribution in [0.25, 0.3) is 11.1 Å². The molecular formula is C29H36N2O4S. The van der Waals surface area contributed by atoms with Crippen LogP contribution in [0, 0.1) is 0 Å². The fourth-order valence-corrected chi connectivity index (χ4v) is 3.80. The lowest BCUT2D eigenvalue weighted by atomic mass is 10.0. The fraction of sp³-hybridized carbons (Fsp3) is 0.310. The number of nitrogens with one attached hydrogen (secondary N) is 1. The summed E-state index contributed by atoms with van der Waals surface area (Å²) in [6, 6.07) is 26.3. The molecule has 0 saturated heterocycles. The molecule has 0 aromatic heterocycles. The Kier molecular flexibility index (Phi) is 13.4. The number of aliphatic hydroxyl groups excluding tert-OH is 1. The number of likely N-dealkylation sites (N-methyl/N-ethyl adjacent to an activating group) is 1. The van der Waals surface area contributed by atoms with Crippen LogP contribution < -0.4 is 10.1 Å². The first-order valence-corrected chi connectivity index (χ1v) is 13.0. The third kappa shape index (κ3) is 11.5. The second kappa shape index (κ2) is 16.5. The van der Waals surface area contributed by atoms with E-state index >= 15 is 0 Å². The molecule has 0 bridgehead atoms. The van der Waals surface area contributed by atoms with Crippen LogP contribution in [0.5, 0.6) is 5.75 Å². The van der Waals surface area contributed by atoms with Gasteiger partial charge in [0.15, 0.2) is 5.78 Å². The minimum absolute atomic E-state index is 0.0305. The van der Waals surface area contributed by atoms with E-state index in [2.05, 4.69) is 29.6 Å². The van der Waals surface area contributed by atoms with Crippen molar-refractivity contribution in [1.29, 1.82) is 0 Å². The maximum absolute atomic E-state index is 12.2. The first-order valence-electron chi connectivity index (χ1n) is 11.9. The monoisotopic (exact) mass is 508 g/mol. The summed E-state index contributed by atoms with van der Waals surface area (Å²) in [5.41, 5.74) is 4.25. The van der Waals surface area contributed by atoms with E-state index in [4.69, 9.17) is 9.84 Å². The summed E-state index contributed by atoms with van der Waals surface area (Å²) in [4.78, 5) is 23.8. The predicted molar refractivity (Wildman–Crippen MR) is 149 cm³/mol. The summed E-state index contributed by atoms with van der Waals surface area (Å²) < 4.78 is 5.73. The quantitative estimate of drug-likeness (QED) is 0.350. The molecule has 0 spiro atoms. The SMILES string of the molecule is CC(=O)CO.CN(C)CCNC(=O)c1ccc(-c2ccc(CSCCOc3ccccc3)cc2)cc1. The summed E-state index contributed by atoms with van der Waals surface area (Å²) >= 11 is 1.87. The summed E-state index contributed by atoms with van der Waals surface area (Å²) in [5, 5.41) is 10.7. The van der Waals surface area contributed by atoms with E-state index in [0.29, 0.717) is 18.7 Å². The van der Waals surface area contributed by atoms with Gasteiger partial charge in [-0.25, -0.2) is 0 Å². The van der Waals surface area contributed by atoms with E-state index < -0.39 is 0 Å². The van der Waals surface area contributed by atoms with Crippen LogP contribution in [0.2, 0.25) is 0 Å². The van der Waals surface area contributed by atoms with Gasteiger partial charge in [-0.05, 0) is 62.0 Å². The Bertz CT molecular complexity index is 1040. The Balaban J connectivity index is 0.000000830. The highest BCUT2D eigenvalue weighted by Gasteiger charge is 2.06. The number of ketones is 1. The molecule has 0 atom stereocenters. The molecule has 0 unspecified atom stereocenters. The number of nitrogens with zero attached hydrogens (tertiary/aromatic N) is 1. The molecule has 36 heavy (non-hydrogen) atoms. The molecule has 3 aromatic rings. The lowest BCUT2D eigenvalue weighted by molar-refractivity contribution is -0.119. The third-order valence-corrected chi connectivity index (χ3v) is 6.00. The second-order valence-electron chi connectivity index (χ2n) is 8.41. The van der Waals surface area contributed by atoms with Crippen LogP contribution in [0.15, 0.2) is 78.9 Å². The van der Waals surface area contributed by atoms with Crippen molar-refractivity contribution in [2.45, 2.75) is 12.7 Å². The van der Waals surface area contributed by atoms with Crippen molar-refractivity contribution in [2.24, 2.45) is 0 Å². The highest BCUT2D eigenvalue weighted by atomic mass is 32.2. The number of thioether (sulfide) groups is 1. The number of para-hydroxylation sites is 1. The van der Waals surface area contributed by atoms with Crippen LogP contribution in [0.1, 0.15) is 22.8 Å². The molecule has 3 rings (SSSR count). The van der Waals surface area contributed by atoms with Crippen LogP contribution in [-0.2, 0) is 10.5 Å². The molecule has 0 fully saturated rings. The van der Waals surface area contributed by atoms with Crippen LogP contribution in [0.4, 0.5) is 0 Å². The Morgan fingerprint density at radius 1 is 0.917 bits per heavy atom. The Hall–Kier alpha value is -3.13. The maximum Gasteiger partial charge on any atom is 0.251 e. The van der Waals surface area contributed by atoms with Gasteiger partial charge in [0, 0.05) is 30.2 Å². The average Bonchev–Trinajstić information content (AvgIpc) is 2.89. The van der Waals surface area contributed by atoms with Crippen molar-refractivity contribution in [2.75, 3.05) is 46.2 Å². The number of carbonyl (C=O) groups is 2. The zero-order chi connectivity index (χ0) is 26.2. The molecule has 192 valence electrons. The van der Waals surface area contributed by atoms with Crippen molar-refractivity contribution in [3.63, 3.8) is 0 Å². The van der Waals surface area contributed by atoms with Gasteiger partial charge in [0.05, 0.1) is 6.61 Å². The zero-order valence-corrected chi connectivity index (χ0v) is 22.1. The lowest BCUT2D eigenvalue weighted by Crippen LogP contribution is -2.31. The van der Waals surface area contributed by atoms with Crippen molar-refractivity contribution in [3.8, 4) is 16.9 Å². The normalized spacial score (nSPS) is 10.4. The van der Waals surface area contributed by atoms with E-state index in [1.54, 1.807) is 0 Å². The first-order chi connectivity index (χ1) is 17.4. The van der Waals surface area contributed by atoms with Crippen LogP contribution in [0.3, 0.4) is 0 Å². The number of Topliss-reactive ketones (excluding diaryl/α,β-unsaturated/α-hetero) is 1. The van der Waals surface area contributed by atoms with Gasteiger partial charge in [-0.1, -0.05) is 54.6 Å². The molecule has 0 aliphatic rings. The lowest BCUT2D eigenvalue weighted by Gasteiger charge is -2.11. The number of hydrogen-bond acceptors (Lipinski definition) is 6. The Morgan fingerprint density at radius 3 is 2.06 bits per heavy atom. The van der Waals surface area contributed by atoms with Gasteiger partial charge < -0.3 is 20.1 Å². The number of rotatable bonds is 12. The molecule has 2 N–H and O–H groups in total. The molecular weight excluding hydrogens is 472 g/mol. The third-order valence-electron chi connectivity index (χ3n) is 5.01. The topological polar surface area (TPSA) is 78.9 Å². The van der Waals surface area contributed by atoms with Gasteiger partial charge in [0.2, 0.25) is 0 Å². The van der Waals surface area contributed by atoms with Crippen LogP contribution in [-0.4, -0.2) is 67.8 Å². The first kappa shape index (κ1) is 29.1. The van der Waals surface area contributed by atoms with Crippen molar-refractivity contribution < 1.29 is 19.4 Å². The standard InChI is InChI=1S/C26H30N2O2S.C3H6O2/c1-28(2)17-16-27-26(29)24-14-12-23(13-15-24)22-10-8-21(9-11-22)20-31-19-18-30-25-6-4-3-5-7-25;1-3(5)2-4/h3-15H,16-20H2,1-2H3,(H,27,29);4H,2H2,1H3. The van der Waals surface area contributed by atoms with Gasteiger partial charge in [-0.2, -0.15) is 11.8 Å². The number of amides is 1. The summed E-state index contributed by atoms with van der Waals surface area (Å²) in [7, 11) is 3.98. The van der Waals surface area contributed by atoms with Gasteiger partial charge in [-0.15, -0.1) is 0 Å². The molecule has 6 nitrogen and oxygen atoms in total. The number of benzene rings is 3. The van der Waals surface area contributed by atoms with Gasteiger partial charge in [0.25, 0.3) is 5.91 Å². The van der Waals surface area contributed by atoms with Gasteiger partial charge in [0.1, 0.15) is 12.4 Å². The molecule has 0 radical (unpaired) electrons. The molecule has 0 aliphatic heterocycles. The van der Waals surface area contributed by atoms with Crippen molar-refractivity contribution >= 4 is 23.5 Å².